The van der Waals surface area contributed by atoms with Gasteiger partial charge in [0.05, 0.1) is 11.0 Å². The van der Waals surface area contributed by atoms with Crippen LogP contribution in [0, 0.1) is 0 Å². The lowest BCUT2D eigenvalue weighted by molar-refractivity contribution is 1.18. The molecule has 0 radical (unpaired) electrons. The molecule has 0 saturated carbocycles. The Labute approximate surface area is 315 Å². The Kier molecular flexibility index (Phi) is 7.85. The molecule has 0 atom stereocenters. The summed E-state index contributed by atoms with van der Waals surface area (Å²) < 4.78 is 2.37. The molecule has 1 aromatic heterocycles. The molecule has 0 aliphatic rings. The van der Waals surface area contributed by atoms with Gasteiger partial charge < -0.3 is 9.47 Å². The number of anilines is 3. The van der Waals surface area contributed by atoms with Crippen molar-refractivity contribution in [1.82, 2.24) is 4.57 Å². The van der Waals surface area contributed by atoms with Gasteiger partial charge in [-0.1, -0.05) is 152 Å². The molecule has 1 heterocycles. The number of benzene rings is 9. The quantitative estimate of drug-likeness (QED) is 0.162. The van der Waals surface area contributed by atoms with Crippen LogP contribution in [0.25, 0.3) is 71.6 Å². The second-order valence-corrected chi connectivity index (χ2v) is 13.8. The molecule has 0 N–H and O–H groups in total. The van der Waals surface area contributed by atoms with Gasteiger partial charge in [0.15, 0.2) is 0 Å². The summed E-state index contributed by atoms with van der Waals surface area (Å²) >= 11 is 0. The van der Waals surface area contributed by atoms with Gasteiger partial charge in [-0.3, -0.25) is 0 Å². The molecular formula is C52H36N2. The standard InChI is InChI=1S/C52H36N2/c1-4-14-37(15-5-1)38-24-29-43(30-25-38)53(41-16-6-2-7-17-41)44-31-26-39(27-32-44)45-33-34-46(48-21-11-10-20-47(45)48)40-28-35-52-50(36-40)49-22-12-13-23-51(49)54(52)42-18-8-3-9-19-42/h1-36H. The van der Waals surface area contributed by atoms with Crippen molar-refractivity contribution in [2.24, 2.45) is 0 Å². The number of nitrogens with zero attached hydrogens (tertiary/aromatic N) is 2. The van der Waals surface area contributed by atoms with E-state index in [1.165, 1.54) is 71.6 Å². The molecule has 0 aliphatic carbocycles. The number of hydrogen-bond acceptors (Lipinski definition) is 1. The molecule has 2 nitrogen and oxygen atoms in total. The first-order valence-electron chi connectivity index (χ1n) is 18.5. The zero-order valence-electron chi connectivity index (χ0n) is 29.7. The van der Waals surface area contributed by atoms with Crippen LogP contribution in [0.4, 0.5) is 17.1 Å². The molecule has 0 unspecified atom stereocenters. The maximum absolute atomic E-state index is 2.37. The molecule has 2 heteroatoms. The Bertz CT molecular complexity index is 2890. The number of aromatic nitrogens is 1. The van der Waals surface area contributed by atoms with E-state index >= 15 is 0 Å². The van der Waals surface area contributed by atoms with Gasteiger partial charge >= 0.3 is 0 Å². The number of rotatable bonds is 7. The average Bonchev–Trinajstić information content (AvgIpc) is 3.59. The van der Waals surface area contributed by atoms with Crippen LogP contribution in [0.2, 0.25) is 0 Å². The highest BCUT2D eigenvalue weighted by molar-refractivity contribution is 6.12. The van der Waals surface area contributed by atoms with Crippen LogP contribution in [0.3, 0.4) is 0 Å². The highest BCUT2D eigenvalue weighted by Crippen LogP contribution is 2.41. The van der Waals surface area contributed by atoms with Crippen LogP contribution in [0.15, 0.2) is 218 Å². The van der Waals surface area contributed by atoms with Gasteiger partial charge in [0.25, 0.3) is 0 Å². The van der Waals surface area contributed by atoms with Crippen molar-refractivity contribution in [2.45, 2.75) is 0 Å². The van der Waals surface area contributed by atoms with Gasteiger partial charge in [0.2, 0.25) is 0 Å². The molecule has 0 saturated heterocycles. The van der Waals surface area contributed by atoms with E-state index in [2.05, 4.69) is 228 Å². The number of hydrogen-bond donors (Lipinski definition) is 0. The second kappa shape index (κ2) is 13.4. The van der Waals surface area contributed by atoms with Crippen molar-refractivity contribution in [3.63, 3.8) is 0 Å². The van der Waals surface area contributed by atoms with E-state index in [1.54, 1.807) is 0 Å². The summed E-state index contributed by atoms with van der Waals surface area (Å²) in [7, 11) is 0. The molecule has 254 valence electrons. The molecule has 0 spiro atoms. The van der Waals surface area contributed by atoms with Crippen molar-refractivity contribution in [2.75, 3.05) is 4.90 Å². The molecular weight excluding hydrogens is 653 g/mol. The topological polar surface area (TPSA) is 8.17 Å². The van der Waals surface area contributed by atoms with Crippen LogP contribution >= 0.6 is 0 Å². The molecule has 54 heavy (non-hydrogen) atoms. The Hall–Kier alpha value is -7.16. The second-order valence-electron chi connectivity index (χ2n) is 13.8. The van der Waals surface area contributed by atoms with E-state index in [4.69, 9.17) is 0 Å². The third kappa shape index (κ3) is 5.53. The fourth-order valence-electron chi connectivity index (χ4n) is 8.05. The minimum absolute atomic E-state index is 1.11. The lowest BCUT2D eigenvalue weighted by Gasteiger charge is -2.26. The van der Waals surface area contributed by atoms with Crippen LogP contribution in [-0.2, 0) is 0 Å². The number of fused-ring (bicyclic) bond motifs is 4. The highest BCUT2D eigenvalue weighted by Gasteiger charge is 2.17. The summed E-state index contributed by atoms with van der Waals surface area (Å²) in [6.45, 7) is 0. The fourth-order valence-corrected chi connectivity index (χ4v) is 8.05. The van der Waals surface area contributed by atoms with Crippen molar-refractivity contribution in [1.29, 1.82) is 0 Å². The van der Waals surface area contributed by atoms with Crippen molar-refractivity contribution < 1.29 is 0 Å². The molecule has 0 aliphatic heterocycles. The van der Waals surface area contributed by atoms with Gasteiger partial charge in [-0.15, -0.1) is 0 Å². The maximum atomic E-state index is 2.37. The van der Waals surface area contributed by atoms with Crippen LogP contribution in [0.1, 0.15) is 0 Å². The molecule has 0 fully saturated rings. The maximum Gasteiger partial charge on any atom is 0.0541 e. The van der Waals surface area contributed by atoms with Gasteiger partial charge in [-0.2, -0.15) is 0 Å². The van der Waals surface area contributed by atoms with E-state index in [1.807, 2.05) is 0 Å². The minimum Gasteiger partial charge on any atom is -0.311 e. The summed E-state index contributed by atoms with van der Waals surface area (Å²) in [6, 6.07) is 78.7. The molecule has 0 amide bonds. The van der Waals surface area contributed by atoms with Crippen molar-refractivity contribution in [3.05, 3.63) is 218 Å². The molecule has 9 aromatic carbocycles. The first-order chi connectivity index (χ1) is 26.8. The van der Waals surface area contributed by atoms with E-state index in [0.29, 0.717) is 0 Å². The summed E-state index contributed by atoms with van der Waals surface area (Å²) in [5.74, 6) is 0. The van der Waals surface area contributed by atoms with Crippen LogP contribution < -0.4 is 4.90 Å². The largest absolute Gasteiger partial charge is 0.311 e. The van der Waals surface area contributed by atoms with E-state index in [-0.39, 0.29) is 0 Å². The Morgan fingerprint density at radius 3 is 1.37 bits per heavy atom. The summed E-state index contributed by atoms with van der Waals surface area (Å²) in [4.78, 5) is 2.32. The lowest BCUT2D eigenvalue weighted by Crippen LogP contribution is -2.09. The fraction of sp³-hybridized carbons (Fsp3) is 0. The zero-order chi connectivity index (χ0) is 35.8. The SMILES string of the molecule is c1ccc(-c2ccc(N(c3ccccc3)c3ccc(-c4ccc(-c5ccc6c(c5)c5ccccc5n6-c5ccccc5)c5ccccc45)cc3)cc2)cc1. The smallest absolute Gasteiger partial charge is 0.0541 e. The van der Waals surface area contributed by atoms with E-state index < -0.39 is 0 Å². The predicted octanol–water partition coefficient (Wildman–Crippen LogP) is 14.4. The highest BCUT2D eigenvalue weighted by atomic mass is 15.1. The Morgan fingerprint density at radius 1 is 0.278 bits per heavy atom. The third-order valence-electron chi connectivity index (χ3n) is 10.6. The summed E-state index contributed by atoms with van der Waals surface area (Å²) in [5.41, 5.74) is 14.2. The average molecular weight is 689 g/mol. The van der Waals surface area contributed by atoms with Crippen molar-refractivity contribution in [3.8, 4) is 39.1 Å². The van der Waals surface area contributed by atoms with Gasteiger partial charge in [0, 0.05) is 33.5 Å². The summed E-state index contributed by atoms with van der Waals surface area (Å²) in [5, 5.41) is 5.00. The Morgan fingerprint density at radius 2 is 0.722 bits per heavy atom. The van der Waals surface area contributed by atoms with Crippen molar-refractivity contribution >= 4 is 49.6 Å². The number of para-hydroxylation sites is 3. The summed E-state index contributed by atoms with van der Waals surface area (Å²) in [6.07, 6.45) is 0. The normalized spacial score (nSPS) is 11.3. The van der Waals surface area contributed by atoms with Crippen LogP contribution in [0.5, 0.6) is 0 Å². The first-order valence-corrected chi connectivity index (χ1v) is 18.5. The Balaban J connectivity index is 1.03. The monoisotopic (exact) mass is 688 g/mol. The van der Waals surface area contributed by atoms with Gasteiger partial charge in [0.1, 0.15) is 0 Å². The lowest BCUT2D eigenvalue weighted by atomic mass is 9.91. The van der Waals surface area contributed by atoms with Crippen LogP contribution in [-0.4, -0.2) is 4.57 Å². The van der Waals surface area contributed by atoms with E-state index in [0.717, 1.165) is 17.1 Å². The van der Waals surface area contributed by atoms with Gasteiger partial charge in [-0.05, 0) is 111 Å². The molecule has 0 bridgehead atoms. The zero-order valence-corrected chi connectivity index (χ0v) is 29.7. The third-order valence-corrected chi connectivity index (χ3v) is 10.6. The van der Waals surface area contributed by atoms with E-state index in [9.17, 15) is 0 Å². The first kappa shape index (κ1) is 31.6. The van der Waals surface area contributed by atoms with Gasteiger partial charge in [-0.25, -0.2) is 0 Å². The molecule has 10 rings (SSSR count). The minimum atomic E-state index is 1.11. The predicted molar refractivity (Wildman–Crippen MR) is 229 cm³/mol. The molecule has 10 aromatic rings.